The second kappa shape index (κ2) is 5.16. The number of alkyl halides is 3. The lowest BCUT2D eigenvalue weighted by atomic mass is 10.1. The van der Waals surface area contributed by atoms with E-state index in [0.29, 0.717) is 6.07 Å². The zero-order chi connectivity index (χ0) is 15.6. The van der Waals surface area contributed by atoms with Crippen LogP contribution in [0.5, 0.6) is 0 Å². The molecule has 1 aromatic carbocycles. The number of hydrogen-bond donors (Lipinski definition) is 2. The summed E-state index contributed by atoms with van der Waals surface area (Å²) in [5.74, 6) is -1.33. The van der Waals surface area contributed by atoms with Crippen LogP contribution in [0.4, 0.5) is 24.9 Å². The summed E-state index contributed by atoms with van der Waals surface area (Å²) in [6, 6.07) is 4.10. The number of aromatic carboxylic acids is 1. The maximum Gasteiger partial charge on any atom is 0.417 e. The summed E-state index contributed by atoms with van der Waals surface area (Å²) < 4.78 is 43.1. The van der Waals surface area contributed by atoms with Gasteiger partial charge in [-0.15, -0.1) is 0 Å². The molecule has 2 rings (SSSR count). The van der Waals surface area contributed by atoms with Crippen LogP contribution < -0.4 is 5.32 Å². The van der Waals surface area contributed by atoms with E-state index in [-0.39, 0.29) is 17.4 Å². The van der Waals surface area contributed by atoms with Gasteiger partial charge in [0.2, 0.25) is 0 Å². The summed E-state index contributed by atoms with van der Waals surface area (Å²) in [5, 5.41) is 19.7. The van der Waals surface area contributed by atoms with Crippen LogP contribution in [-0.4, -0.2) is 16.1 Å². The second-order valence-corrected chi connectivity index (χ2v) is 3.84. The highest BCUT2D eigenvalue weighted by molar-refractivity contribution is 5.85. The van der Waals surface area contributed by atoms with E-state index >= 15 is 0 Å². The van der Waals surface area contributed by atoms with Crippen LogP contribution in [0.15, 0.2) is 28.9 Å². The smallest absolute Gasteiger partial charge is 0.417 e. The number of carbonyl (C=O) groups is 1. The number of carboxylic acid groups (broad SMARTS) is 1. The zero-order valence-corrected chi connectivity index (χ0v) is 10.1. The van der Waals surface area contributed by atoms with Gasteiger partial charge in [0, 0.05) is 5.69 Å². The molecule has 21 heavy (non-hydrogen) atoms. The van der Waals surface area contributed by atoms with Crippen molar-refractivity contribution in [1.29, 1.82) is 5.26 Å². The van der Waals surface area contributed by atoms with E-state index in [2.05, 4.69) is 10.3 Å². The number of oxazole rings is 1. The van der Waals surface area contributed by atoms with Crippen LogP contribution in [0.2, 0.25) is 0 Å². The first-order valence-electron chi connectivity index (χ1n) is 5.38. The van der Waals surface area contributed by atoms with Gasteiger partial charge in [0.25, 0.3) is 6.01 Å². The molecule has 0 radical (unpaired) electrons. The number of hydrogen-bond acceptors (Lipinski definition) is 5. The van der Waals surface area contributed by atoms with E-state index < -0.39 is 23.3 Å². The lowest BCUT2D eigenvalue weighted by molar-refractivity contribution is -0.137. The van der Waals surface area contributed by atoms with Crippen molar-refractivity contribution < 1.29 is 27.5 Å². The van der Waals surface area contributed by atoms with Crippen molar-refractivity contribution in [3.63, 3.8) is 0 Å². The van der Waals surface area contributed by atoms with E-state index in [1.165, 1.54) is 12.1 Å². The molecule has 0 unspecified atom stereocenters. The Kier molecular flexibility index (Phi) is 3.54. The molecular weight excluding hydrogens is 291 g/mol. The molecule has 0 bridgehead atoms. The molecule has 9 heteroatoms. The van der Waals surface area contributed by atoms with Gasteiger partial charge in [-0.25, -0.2) is 4.79 Å². The number of nitrogens with zero attached hydrogens (tertiary/aromatic N) is 2. The van der Waals surface area contributed by atoms with Crippen molar-refractivity contribution in [2.75, 3.05) is 5.32 Å². The van der Waals surface area contributed by atoms with Crippen molar-refractivity contribution in [3.8, 4) is 6.07 Å². The largest absolute Gasteiger partial charge is 0.476 e. The molecule has 0 fully saturated rings. The van der Waals surface area contributed by atoms with Crippen LogP contribution in [-0.2, 0) is 6.18 Å². The van der Waals surface area contributed by atoms with Crippen LogP contribution >= 0.6 is 0 Å². The van der Waals surface area contributed by atoms with Crippen LogP contribution in [0.3, 0.4) is 0 Å². The van der Waals surface area contributed by atoms with Crippen LogP contribution in [0.1, 0.15) is 21.6 Å². The minimum absolute atomic E-state index is 0.0416. The lowest BCUT2D eigenvalue weighted by Gasteiger charge is -2.10. The number of benzene rings is 1. The maximum atomic E-state index is 12.8. The Balaban J connectivity index is 2.33. The van der Waals surface area contributed by atoms with Gasteiger partial charge < -0.3 is 14.8 Å². The average Bonchev–Trinajstić information content (AvgIpc) is 2.86. The van der Waals surface area contributed by atoms with Gasteiger partial charge in [-0.1, -0.05) is 0 Å². The predicted molar refractivity (Wildman–Crippen MR) is 62.9 cm³/mol. The molecule has 0 atom stereocenters. The molecule has 2 N–H and O–H groups in total. The molecule has 0 aliphatic rings. The Bertz CT molecular complexity index is 731. The summed E-state index contributed by atoms with van der Waals surface area (Å²) in [4.78, 5) is 14.1. The number of anilines is 2. The predicted octanol–water partition coefficient (Wildman–Crippen LogP) is 3.01. The second-order valence-electron chi connectivity index (χ2n) is 3.84. The zero-order valence-electron chi connectivity index (χ0n) is 10.1. The van der Waals surface area contributed by atoms with Gasteiger partial charge >= 0.3 is 12.1 Å². The van der Waals surface area contributed by atoms with Gasteiger partial charge in [0.05, 0.1) is 17.2 Å². The molecule has 0 saturated heterocycles. The molecule has 0 aliphatic carbocycles. The molecule has 1 heterocycles. The standard InChI is InChI=1S/C12H6F3N3O3/c13-12(14,15)8-3-7(2-1-6(8)4-16)17-11-18-9(5-21-11)10(19)20/h1-3,5H,(H,17,18)(H,19,20). The monoisotopic (exact) mass is 297 g/mol. The Morgan fingerprint density at radius 1 is 1.43 bits per heavy atom. The minimum Gasteiger partial charge on any atom is -0.476 e. The molecule has 0 spiro atoms. The Labute approximate surface area is 115 Å². The third kappa shape index (κ3) is 3.11. The molecule has 2 aromatic rings. The molecule has 0 saturated carbocycles. The molecule has 0 amide bonds. The van der Waals surface area contributed by atoms with Gasteiger partial charge in [-0.2, -0.15) is 23.4 Å². The number of halogens is 3. The Morgan fingerprint density at radius 2 is 2.14 bits per heavy atom. The van der Waals surface area contributed by atoms with Crippen molar-refractivity contribution in [3.05, 3.63) is 41.3 Å². The Hall–Kier alpha value is -3.02. The highest BCUT2D eigenvalue weighted by Gasteiger charge is 2.33. The van der Waals surface area contributed by atoms with E-state index in [0.717, 1.165) is 12.3 Å². The lowest BCUT2D eigenvalue weighted by Crippen LogP contribution is -2.08. The van der Waals surface area contributed by atoms with Crippen molar-refractivity contribution in [2.45, 2.75) is 6.18 Å². The molecule has 108 valence electrons. The Morgan fingerprint density at radius 3 is 2.67 bits per heavy atom. The highest BCUT2D eigenvalue weighted by atomic mass is 19.4. The summed E-state index contributed by atoms with van der Waals surface area (Å²) in [7, 11) is 0. The number of nitriles is 1. The average molecular weight is 297 g/mol. The molecular formula is C12H6F3N3O3. The first kappa shape index (κ1) is 14.4. The van der Waals surface area contributed by atoms with E-state index in [1.54, 1.807) is 0 Å². The minimum atomic E-state index is -4.69. The quantitative estimate of drug-likeness (QED) is 0.903. The fraction of sp³-hybridized carbons (Fsp3) is 0.0833. The summed E-state index contributed by atoms with van der Waals surface area (Å²) in [6.07, 6.45) is -3.84. The number of carboxylic acids is 1. The summed E-state index contributed by atoms with van der Waals surface area (Å²) in [6.45, 7) is 0. The number of aromatic nitrogens is 1. The summed E-state index contributed by atoms with van der Waals surface area (Å²) in [5.41, 5.74) is -2.06. The molecule has 1 aromatic heterocycles. The van der Waals surface area contributed by atoms with E-state index in [1.807, 2.05) is 0 Å². The SMILES string of the molecule is N#Cc1ccc(Nc2nc(C(=O)O)co2)cc1C(F)(F)F. The molecule has 6 nitrogen and oxygen atoms in total. The van der Waals surface area contributed by atoms with Crippen LogP contribution in [0.25, 0.3) is 0 Å². The highest BCUT2D eigenvalue weighted by Crippen LogP contribution is 2.34. The fourth-order valence-corrected chi connectivity index (χ4v) is 1.51. The normalized spacial score (nSPS) is 11.0. The van der Waals surface area contributed by atoms with Gasteiger partial charge in [-0.3, -0.25) is 0 Å². The van der Waals surface area contributed by atoms with Crippen LogP contribution in [0, 0.1) is 11.3 Å². The van der Waals surface area contributed by atoms with E-state index in [9.17, 15) is 18.0 Å². The van der Waals surface area contributed by atoms with Gasteiger partial charge in [0.1, 0.15) is 6.26 Å². The maximum absolute atomic E-state index is 12.8. The first-order chi connectivity index (χ1) is 9.81. The topological polar surface area (TPSA) is 99.2 Å². The van der Waals surface area contributed by atoms with Gasteiger partial charge in [0.15, 0.2) is 5.69 Å². The third-order valence-electron chi connectivity index (χ3n) is 2.42. The van der Waals surface area contributed by atoms with Gasteiger partial charge in [-0.05, 0) is 18.2 Å². The number of rotatable bonds is 3. The summed E-state index contributed by atoms with van der Waals surface area (Å²) >= 11 is 0. The fourth-order valence-electron chi connectivity index (χ4n) is 1.51. The van der Waals surface area contributed by atoms with E-state index in [4.69, 9.17) is 14.8 Å². The van der Waals surface area contributed by atoms with Crippen molar-refractivity contribution in [2.24, 2.45) is 0 Å². The third-order valence-corrected chi connectivity index (χ3v) is 2.42. The van der Waals surface area contributed by atoms with Crippen molar-refractivity contribution in [1.82, 2.24) is 4.98 Å². The first-order valence-corrected chi connectivity index (χ1v) is 5.38. The molecule has 0 aliphatic heterocycles. The number of nitrogens with one attached hydrogen (secondary N) is 1. The van der Waals surface area contributed by atoms with Crippen molar-refractivity contribution >= 4 is 17.7 Å².